The van der Waals surface area contributed by atoms with Gasteiger partial charge in [-0.25, -0.2) is 21.6 Å². The highest BCUT2D eigenvalue weighted by Gasteiger charge is 2.35. The van der Waals surface area contributed by atoms with E-state index >= 15 is 0 Å². The van der Waals surface area contributed by atoms with Crippen LogP contribution in [-0.2, 0) is 20.0 Å². The van der Waals surface area contributed by atoms with Crippen molar-refractivity contribution in [2.24, 2.45) is 0 Å². The van der Waals surface area contributed by atoms with E-state index in [0.29, 0.717) is 13.1 Å². The lowest BCUT2D eigenvalue weighted by molar-refractivity contribution is 0.233. The maximum absolute atomic E-state index is 12.9. The van der Waals surface area contributed by atoms with Crippen molar-refractivity contribution in [3.05, 3.63) is 24.3 Å². The van der Waals surface area contributed by atoms with E-state index in [1.54, 1.807) is 0 Å². The molecule has 2 atom stereocenters. The molecule has 1 saturated carbocycles. The van der Waals surface area contributed by atoms with E-state index in [4.69, 9.17) is 0 Å². The summed E-state index contributed by atoms with van der Waals surface area (Å²) in [5.74, 6) is 0. The zero-order chi connectivity index (χ0) is 17.5. The molecule has 1 heterocycles. The fourth-order valence-corrected chi connectivity index (χ4v) is 5.97. The first-order valence-corrected chi connectivity index (χ1v) is 11.0. The summed E-state index contributed by atoms with van der Waals surface area (Å²) < 4.78 is 54.5. The van der Waals surface area contributed by atoms with Gasteiger partial charge in [0.1, 0.15) is 0 Å². The standard InChI is InChI=1S/C15H23N3O4S2/c1-11-12(2)18(9-8-16-11)24(21,22)15-5-3-4-14(10-15)23(19,20)17-13-6-7-13/h3-5,10-13,16-17H,6-9H2,1-2H3. The molecule has 0 aromatic heterocycles. The Hall–Kier alpha value is -1.00. The fourth-order valence-electron chi connectivity index (χ4n) is 2.79. The Bertz CT molecular complexity index is 819. The Morgan fingerprint density at radius 2 is 1.79 bits per heavy atom. The second-order valence-electron chi connectivity index (χ2n) is 6.47. The predicted molar refractivity (Wildman–Crippen MR) is 90.6 cm³/mol. The van der Waals surface area contributed by atoms with E-state index in [0.717, 1.165) is 12.8 Å². The third kappa shape index (κ3) is 3.50. The molecule has 134 valence electrons. The highest BCUT2D eigenvalue weighted by Crippen LogP contribution is 2.25. The second kappa shape index (κ2) is 6.38. The van der Waals surface area contributed by atoms with Gasteiger partial charge in [0.2, 0.25) is 20.0 Å². The van der Waals surface area contributed by atoms with Crippen LogP contribution in [0, 0.1) is 0 Å². The smallest absolute Gasteiger partial charge is 0.243 e. The first-order chi connectivity index (χ1) is 11.2. The summed E-state index contributed by atoms with van der Waals surface area (Å²) in [7, 11) is -7.42. The maximum atomic E-state index is 12.9. The summed E-state index contributed by atoms with van der Waals surface area (Å²) in [6, 6.07) is 5.41. The molecule has 24 heavy (non-hydrogen) atoms. The minimum absolute atomic E-state index is 0.00805. The van der Waals surface area contributed by atoms with Gasteiger partial charge in [0.25, 0.3) is 0 Å². The molecular formula is C15H23N3O4S2. The van der Waals surface area contributed by atoms with Gasteiger partial charge in [-0.1, -0.05) is 6.07 Å². The molecule has 1 aromatic carbocycles. The van der Waals surface area contributed by atoms with Crippen LogP contribution < -0.4 is 10.0 Å². The number of sulfonamides is 2. The van der Waals surface area contributed by atoms with Crippen molar-refractivity contribution in [1.29, 1.82) is 0 Å². The van der Waals surface area contributed by atoms with Crippen molar-refractivity contribution in [2.75, 3.05) is 13.1 Å². The number of rotatable bonds is 5. The van der Waals surface area contributed by atoms with Crippen LogP contribution in [0.2, 0.25) is 0 Å². The van der Waals surface area contributed by atoms with Crippen LogP contribution in [-0.4, -0.2) is 52.4 Å². The van der Waals surface area contributed by atoms with E-state index in [1.165, 1.54) is 28.6 Å². The van der Waals surface area contributed by atoms with Crippen molar-refractivity contribution < 1.29 is 16.8 Å². The van der Waals surface area contributed by atoms with Crippen LogP contribution >= 0.6 is 0 Å². The number of nitrogens with zero attached hydrogens (tertiary/aromatic N) is 1. The summed E-state index contributed by atoms with van der Waals surface area (Å²) in [6.45, 7) is 4.73. The average Bonchev–Trinajstić information content (AvgIpc) is 3.33. The molecule has 7 nitrogen and oxygen atoms in total. The Kier molecular flexibility index (Phi) is 4.73. The topological polar surface area (TPSA) is 95.6 Å². The quantitative estimate of drug-likeness (QED) is 0.784. The molecule has 3 rings (SSSR count). The minimum Gasteiger partial charge on any atom is -0.311 e. The van der Waals surface area contributed by atoms with Gasteiger partial charge in [0, 0.05) is 31.2 Å². The monoisotopic (exact) mass is 373 g/mol. The normalized spacial score (nSPS) is 26.4. The van der Waals surface area contributed by atoms with Crippen molar-refractivity contribution in [1.82, 2.24) is 14.3 Å². The largest absolute Gasteiger partial charge is 0.311 e. The van der Waals surface area contributed by atoms with E-state index in [9.17, 15) is 16.8 Å². The number of benzene rings is 1. The van der Waals surface area contributed by atoms with Crippen LogP contribution in [0.15, 0.2) is 34.1 Å². The van der Waals surface area contributed by atoms with Gasteiger partial charge in [-0.3, -0.25) is 0 Å². The Morgan fingerprint density at radius 3 is 2.46 bits per heavy atom. The van der Waals surface area contributed by atoms with Gasteiger partial charge < -0.3 is 5.32 Å². The molecule has 1 aromatic rings. The lowest BCUT2D eigenvalue weighted by Gasteiger charge is -2.37. The molecule has 0 spiro atoms. The molecule has 2 unspecified atom stereocenters. The van der Waals surface area contributed by atoms with E-state index in [-0.39, 0.29) is 27.9 Å². The number of piperazine rings is 1. The number of hydrogen-bond donors (Lipinski definition) is 2. The predicted octanol–water partition coefficient (Wildman–Crippen LogP) is 0.498. The molecule has 1 aliphatic heterocycles. The molecule has 0 bridgehead atoms. The summed E-state index contributed by atoms with van der Waals surface area (Å²) in [6.07, 6.45) is 1.65. The lowest BCUT2D eigenvalue weighted by Crippen LogP contribution is -2.57. The minimum atomic E-state index is -3.74. The molecule has 1 saturated heterocycles. The highest BCUT2D eigenvalue weighted by atomic mass is 32.2. The molecule has 0 radical (unpaired) electrons. The van der Waals surface area contributed by atoms with Gasteiger partial charge in [-0.2, -0.15) is 4.31 Å². The number of hydrogen-bond acceptors (Lipinski definition) is 5. The van der Waals surface area contributed by atoms with Crippen LogP contribution in [0.4, 0.5) is 0 Å². The van der Waals surface area contributed by atoms with E-state index < -0.39 is 20.0 Å². The Labute approximate surface area is 143 Å². The van der Waals surface area contributed by atoms with E-state index in [2.05, 4.69) is 10.0 Å². The molecule has 2 fully saturated rings. The van der Waals surface area contributed by atoms with Crippen molar-refractivity contribution >= 4 is 20.0 Å². The van der Waals surface area contributed by atoms with Crippen molar-refractivity contribution in [3.63, 3.8) is 0 Å². The van der Waals surface area contributed by atoms with Crippen molar-refractivity contribution in [3.8, 4) is 0 Å². The summed E-state index contributed by atoms with van der Waals surface area (Å²) in [5, 5.41) is 3.24. The van der Waals surface area contributed by atoms with Gasteiger partial charge in [0.05, 0.1) is 9.79 Å². The van der Waals surface area contributed by atoms with Crippen LogP contribution in [0.25, 0.3) is 0 Å². The van der Waals surface area contributed by atoms with Gasteiger partial charge in [-0.15, -0.1) is 0 Å². The Morgan fingerprint density at radius 1 is 1.12 bits per heavy atom. The fraction of sp³-hybridized carbons (Fsp3) is 0.600. The molecule has 9 heteroatoms. The number of nitrogens with one attached hydrogen (secondary N) is 2. The van der Waals surface area contributed by atoms with E-state index in [1.807, 2.05) is 13.8 Å². The summed E-state index contributed by atoms with van der Waals surface area (Å²) >= 11 is 0. The third-order valence-electron chi connectivity index (χ3n) is 4.60. The first kappa shape index (κ1) is 17.8. The maximum Gasteiger partial charge on any atom is 0.243 e. The Balaban J connectivity index is 1.92. The average molecular weight is 374 g/mol. The zero-order valence-corrected chi connectivity index (χ0v) is 15.4. The second-order valence-corrected chi connectivity index (χ2v) is 10.1. The molecule has 2 aliphatic rings. The van der Waals surface area contributed by atoms with Gasteiger partial charge in [-0.05, 0) is 44.9 Å². The third-order valence-corrected chi connectivity index (χ3v) is 8.10. The van der Waals surface area contributed by atoms with Gasteiger partial charge >= 0.3 is 0 Å². The first-order valence-electron chi connectivity index (χ1n) is 8.09. The zero-order valence-electron chi connectivity index (χ0n) is 13.8. The molecule has 1 aliphatic carbocycles. The molecule has 0 amide bonds. The summed E-state index contributed by atoms with van der Waals surface area (Å²) in [4.78, 5) is 0.00781. The van der Waals surface area contributed by atoms with Crippen LogP contribution in [0.5, 0.6) is 0 Å². The van der Waals surface area contributed by atoms with Gasteiger partial charge in [0.15, 0.2) is 0 Å². The SMILES string of the molecule is CC1NCCN(S(=O)(=O)c2cccc(S(=O)(=O)NC3CC3)c2)C1C. The van der Waals surface area contributed by atoms with Crippen molar-refractivity contribution in [2.45, 2.75) is 54.6 Å². The summed E-state index contributed by atoms with van der Waals surface area (Å²) in [5.41, 5.74) is 0. The molecule has 2 N–H and O–H groups in total. The molecular weight excluding hydrogens is 350 g/mol. The van der Waals surface area contributed by atoms with Crippen LogP contribution in [0.1, 0.15) is 26.7 Å². The highest BCUT2D eigenvalue weighted by molar-refractivity contribution is 7.90. The lowest BCUT2D eigenvalue weighted by atomic mass is 10.1. The van der Waals surface area contributed by atoms with Crippen LogP contribution in [0.3, 0.4) is 0 Å².